The minimum Gasteiger partial charge on any atom is -0.463 e. The van der Waals surface area contributed by atoms with E-state index >= 15 is 0 Å². The molecule has 0 fully saturated rings. The van der Waals surface area contributed by atoms with Crippen molar-refractivity contribution in [3.05, 3.63) is 23.3 Å². The molecule has 0 heterocycles. The Morgan fingerprint density at radius 1 is 1.05 bits per heavy atom. The molecule has 0 aromatic carbocycles. The van der Waals surface area contributed by atoms with E-state index in [0.717, 1.165) is 23.8 Å². The van der Waals surface area contributed by atoms with Gasteiger partial charge in [-0.05, 0) is 51.0 Å². The van der Waals surface area contributed by atoms with Gasteiger partial charge in [0.1, 0.15) is 0 Å². The Labute approximate surface area is 131 Å². The van der Waals surface area contributed by atoms with Gasteiger partial charge in [0, 0.05) is 6.08 Å². The van der Waals surface area contributed by atoms with E-state index in [1.807, 2.05) is 13.8 Å². The molecule has 21 heavy (non-hydrogen) atoms. The predicted octanol–water partition coefficient (Wildman–Crippen LogP) is 5.68. The third kappa shape index (κ3) is 11.3. The summed E-state index contributed by atoms with van der Waals surface area (Å²) in [6.45, 7) is 13.2. The van der Waals surface area contributed by atoms with Crippen LogP contribution in [0.3, 0.4) is 0 Å². The summed E-state index contributed by atoms with van der Waals surface area (Å²) < 4.78 is 4.93. The highest BCUT2D eigenvalue weighted by Gasteiger charge is 2.03. The number of hydrogen-bond donors (Lipinski definition) is 0. The quantitative estimate of drug-likeness (QED) is 0.294. The molecule has 2 heteroatoms. The zero-order valence-electron chi connectivity index (χ0n) is 14.9. The Bertz CT molecular complexity index is 351. The molecule has 0 aliphatic rings. The molecule has 0 saturated carbocycles. The van der Waals surface area contributed by atoms with Gasteiger partial charge in [0.05, 0.1) is 6.61 Å². The van der Waals surface area contributed by atoms with Crippen molar-refractivity contribution in [3.63, 3.8) is 0 Å². The number of hydrogen-bond acceptors (Lipinski definition) is 2. The van der Waals surface area contributed by atoms with Crippen molar-refractivity contribution in [1.82, 2.24) is 0 Å². The molecular formula is C19H34O2. The van der Waals surface area contributed by atoms with Gasteiger partial charge in [-0.1, -0.05) is 51.7 Å². The molecule has 1 atom stereocenters. The third-order valence-electron chi connectivity index (χ3n) is 3.83. The fraction of sp³-hybridized carbons (Fsp3) is 0.737. The van der Waals surface area contributed by atoms with Crippen LogP contribution in [0.2, 0.25) is 0 Å². The zero-order chi connectivity index (χ0) is 16.3. The fourth-order valence-corrected chi connectivity index (χ4v) is 2.24. The second-order valence-electron chi connectivity index (χ2n) is 6.47. The van der Waals surface area contributed by atoms with E-state index in [9.17, 15) is 4.79 Å². The highest BCUT2D eigenvalue weighted by Crippen LogP contribution is 2.18. The van der Waals surface area contributed by atoms with Crippen LogP contribution in [0.1, 0.15) is 73.6 Å². The van der Waals surface area contributed by atoms with Crippen LogP contribution >= 0.6 is 0 Å². The topological polar surface area (TPSA) is 26.3 Å². The smallest absolute Gasteiger partial charge is 0.331 e. The minimum atomic E-state index is -0.246. The van der Waals surface area contributed by atoms with Crippen LogP contribution in [0.25, 0.3) is 0 Å². The van der Waals surface area contributed by atoms with Crippen molar-refractivity contribution >= 4 is 5.97 Å². The second kappa shape index (κ2) is 11.6. The van der Waals surface area contributed by atoms with Gasteiger partial charge in [-0.3, -0.25) is 0 Å². The van der Waals surface area contributed by atoms with E-state index in [1.54, 1.807) is 6.08 Å². The summed E-state index contributed by atoms with van der Waals surface area (Å²) in [7, 11) is 0. The van der Waals surface area contributed by atoms with Gasteiger partial charge in [0.2, 0.25) is 0 Å². The number of allylic oxidation sites excluding steroid dienone is 3. The number of esters is 1. The number of ether oxygens (including phenoxy) is 1. The molecule has 0 saturated heterocycles. The van der Waals surface area contributed by atoms with Gasteiger partial charge in [-0.15, -0.1) is 0 Å². The van der Waals surface area contributed by atoms with Gasteiger partial charge in [0.25, 0.3) is 0 Å². The van der Waals surface area contributed by atoms with Crippen LogP contribution in [0.15, 0.2) is 23.3 Å². The molecule has 0 aliphatic heterocycles. The summed E-state index contributed by atoms with van der Waals surface area (Å²) in [6.07, 6.45) is 10.1. The maximum atomic E-state index is 11.4. The lowest BCUT2D eigenvalue weighted by Gasteiger charge is -2.11. The van der Waals surface area contributed by atoms with Crippen LogP contribution < -0.4 is 0 Å². The molecule has 0 bridgehead atoms. The van der Waals surface area contributed by atoms with Gasteiger partial charge < -0.3 is 4.74 Å². The Morgan fingerprint density at radius 2 is 1.71 bits per heavy atom. The van der Waals surface area contributed by atoms with Gasteiger partial charge in [-0.25, -0.2) is 4.79 Å². The first-order valence-corrected chi connectivity index (χ1v) is 8.39. The SMILES string of the molecule is CCOC(=O)/C=C(C)/C(C)=C/CCC(C)CCCC(C)C. The molecule has 0 N–H and O–H groups in total. The highest BCUT2D eigenvalue weighted by atomic mass is 16.5. The van der Waals surface area contributed by atoms with Gasteiger partial charge in [0.15, 0.2) is 0 Å². The van der Waals surface area contributed by atoms with Gasteiger partial charge >= 0.3 is 5.97 Å². The summed E-state index contributed by atoms with van der Waals surface area (Å²) in [5.41, 5.74) is 2.18. The van der Waals surface area contributed by atoms with Crippen LogP contribution in [0.4, 0.5) is 0 Å². The largest absolute Gasteiger partial charge is 0.463 e. The standard InChI is InChI=1S/C19H34O2/c1-7-21-19(20)14-18(6)17(5)13-9-12-16(4)11-8-10-15(2)3/h13-16H,7-12H2,1-6H3/b17-13+,18-14+. The molecule has 0 aromatic heterocycles. The lowest BCUT2D eigenvalue weighted by atomic mass is 9.95. The fourth-order valence-electron chi connectivity index (χ4n) is 2.24. The zero-order valence-corrected chi connectivity index (χ0v) is 14.9. The van der Waals surface area contributed by atoms with E-state index < -0.39 is 0 Å². The second-order valence-corrected chi connectivity index (χ2v) is 6.47. The predicted molar refractivity (Wildman–Crippen MR) is 91.2 cm³/mol. The van der Waals surface area contributed by atoms with Crippen molar-refractivity contribution in [2.24, 2.45) is 11.8 Å². The Kier molecular flexibility index (Phi) is 11.0. The van der Waals surface area contributed by atoms with Gasteiger partial charge in [-0.2, -0.15) is 0 Å². The highest BCUT2D eigenvalue weighted by molar-refractivity contribution is 5.83. The maximum absolute atomic E-state index is 11.4. The summed E-state index contributed by atoms with van der Waals surface area (Å²) in [5, 5.41) is 0. The first-order valence-electron chi connectivity index (χ1n) is 8.39. The molecule has 0 spiro atoms. The van der Waals surface area contributed by atoms with Crippen molar-refractivity contribution in [3.8, 4) is 0 Å². The molecule has 0 rings (SSSR count). The maximum Gasteiger partial charge on any atom is 0.331 e. The normalized spacial score (nSPS) is 14.4. The molecule has 0 aliphatic carbocycles. The summed E-state index contributed by atoms with van der Waals surface area (Å²) in [5.74, 6) is 1.35. The van der Waals surface area contributed by atoms with E-state index in [-0.39, 0.29) is 5.97 Å². The van der Waals surface area contributed by atoms with Crippen LogP contribution in [0, 0.1) is 11.8 Å². The summed E-state index contributed by atoms with van der Waals surface area (Å²) >= 11 is 0. The monoisotopic (exact) mass is 294 g/mol. The number of carbonyl (C=O) groups is 1. The Morgan fingerprint density at radius 3 is 2.29 bits per heavy atom. The average molecular weight is 294 g/mol. The molecule has 2 nitrogen and oxygen atoms in total. The van der Waals surface area contributed by atoms with E-state index in [1.165, 1.54) is 31.3 Å². The summed E-state index contributed by atoms with van der Waals surface area (Å²) in [6, 6.07) is 0. The molecule has 1 unspecified atom stereocenters. The summed E-state index contributed by atoms with van der Waals surface area (Å²) in [4.78, 5) is 11.4. The van der Waals surface area contributed by atoms with E-state index in [4.69, 9.17) is 4.74 Å². The average Bonchev–Trinajstić information content (AvgIpc) is 2.38. The number of carbonyl (C=O) groups excluding carboxylic acids is 1. The molecule has 122 valence electrons. The van der Waals surface area contributed by atoms with Crippen molar-refractivity contribution in [1.29, 1.82) is 0 Å². The van der Waals surface area contributed by atoms with Crippen molar-refractivity contribution < 1.29 is 9.53 Å². The lowest BCUT2D eigenvalue weighted by molar-refractivity contribution is -0.137. The van der Waals surface area contributed by atoms with Crippen molar-refractivity contribution in [2.75, 3.05) is 6.61 Å². The van der Waals surface area contributed by atoms with Crippen molar-refractivity contribution in [2.45, 2.75) is 73.6 Å². The first kappa shape index (κ1) is 19.9. The van der Waals surface area contributed by atoms with E-state index in [0.29, 0.717) is 6.61 Å². The van der Waals surface area contributed by atoms with E-state index in [2.05, 4.69) is 33.8 Å². The Hall–Kier alpha value is -1.05. The number of rotatable bonds is 10. The molecule has 0 radical (unpaired) electrons. The molecular weight excluding hydrogens is 260 g/mol. The minimum absolute atomic E-state index is 0.246. The van der Waals surface area contributed by atoms with Crippen LogP contribution in [0.5, 0.6) is 0 Å². The van der Waals surface area contributed by atoms with Crippen LogP contribution in [-0.4, -0.2) is 12.6 Å². The molecule has 0 aromatic rings. The molecule has 0 amide bonds. The first-order chi connectivity index (χ1) is 9.86. The van der Waals surface area contributed by atoms with Crippen LogP contribution in [-0.2, 0) is 9.53 Å². The Balaban J connectivity index is 4.08. The lowest BCUT2D eigenvalue weighted by Crippen LogP contribution is -2.00. The third-order valence-corrected chi connectivity index (χ3v) is 3.83.